The van der Waals surface area contributed by atoms with Gasteiger partial charge in [0.05, 0.1) is 0 Å². The van der Waals surface area contributed by atoms with Crippen LogP contribution in [0.3, 0.4) is 0 Å². The topological polar surface area (TPSA) is 35.2 Å². The lowest BCUT2D eigenvalue weighted by Gasteiger charge is -2.10. The second-order valence-electron chi connectivity index (χ2n) is 5.19. The number of thiocarbonyl (C=S) groups is 1. The third kappa shape index (κ3) is 4.02. The first-order valence-corrected chi connectivity index (χ1v) is 7.19. The summed E-state index contributed by atoms with van der Waals surface area (Å²) in [4.78, 5) is 0.0447. The quantitative estimate of drug-likeness (QED) is 0.842. The first kappa shape index (κ1) is 15.4. The van der Waals surface area contributed by atoms with Gasteiger partial charge >= 0.3 is 0 Å². The average Bonchev–Trinajstić information content (AvgIpc) is 2.45. The van der Waals surface area contributed by atoms with Crippen LogP contribution < -0.4 is 10.5 Å². The Morgan fingerprint density at radius 3 is 2.38 bits per heavy atom. The molecule has 0 fully saturated rings. The van der Waals surface area contributed by atoms with Crippen LogP contribution in [0, 0.1) is 5.82 Å². The number of benzene rings is 2. The molecule has 2 N–H and O–H groups in total. The van der Waals surface area contributed by atoms with Crippen molar-refractivity contribution in [2.24, 2.45) is 5.73 Å². The van der Waals surface area contributed by atoms with E-state index < -0.39 is 5.82 Å². The number of ether oxygens (including phenoxy) is 1. The monoisotopic (exact) mass is 303 g/mol. The Kier molecular flexibility index (Phi) is 4.91. The van der Waals surface area contributed by atoms with Gasteiger partial charge in [-0.15, -0.1) is 0 Å². The molecule has 0 amide bonds. The van der Waals surface area contributed by atoms with Crippen molar-refractivity contribution in [3.8, 4) is 5.75 Å². The predicted molar refractivity (Wildman–Crippen MR) is 87.2 cm³/mol. The van der Waals surface area contributed by atoms with Crippen LogP contribution in [0.15, 0.2) is 42.5 Å². The van der Waals surface area contributed by atoms with Gasteiger partial charge in [0.15, 0.2) is 0 Å². The van der Waals surface area contributed by atoms with Crippen LogP contribution in [0.1, 0.15) is 36.5 Å². The molecule has 0 aromatic heterocycles. The van der Waals surface area contributed by atoms with E-state index in [4.69, 9.17) is 22.7 Å². The van der Waals surface area contributed by atoms with E-state index in [2.05, 4.69) is 26.0 Å². The third-order valence-electron chi connectivity index (χ3n) is 3.26. The van der Waals surface area contributed by atoms with Crippen molar-refractivity contribution in [3.63, 3.8) is 0 Å². The van der Waals surface area contributed by atoms with Gasteiger partial charge in [-0.1, -0.05) is 50.3 Å². The van der Waals surface area contributed by atoms with Crippen LogP contribution >= 0.6 is 12.2 Å². The Morgan fingerprint density at radius 2 is 1.86 bits per heavy atom. The lowest BCUT2D eigenvalue weighted by atomic mass is 10.0. The molecule has 2 rings (SSSR count). The van der Waals surface area contributed by atoms with Crippen molar-refractivity contribution in [3.05, 3.63) is 65.0 Å². The fraction of sp³-hybridized carbons (Fsp3) is 0.235. The van der Waals surface area contributed by atoms with Crippen LogP contribution in [-0.4, -0.2) is 4.99 Å². The van der Waals surface area contributed by atoms with E-state index in [1.807, 2.05) is 12.1 Å². The van der Waals surface area contributed by atoms with Gasteiger partial charge in [0.1, 0.15) is 23.2 Å². The minimum Gasteiger partial charge on any atom is -0.489 e. The molecule has 2 aromatic rings. The molecular formula is C17H18FNOS. The Labute approximate surface area is 129 Å². The molecule has 2 nitrogen and oxygen atoms in total. The van der Waals surface area contributed by atoms with Crippen LogP contribution in [0.25, 0.3) is 0 Å². The zero-order valence-electron chi connectivity index (χ0n) is 12.1. The van der Waals surface area contributed by atoms with Crippen molar-refractivity contribution in [2.75, 3.05) is 0 Å². The normalized spacial score (nSPS) is 10.7. The molecule has 0 bridgehead atoms. The van der Waals surface area contributed by atoms with Gasteiger partial charge in [0.2, 0.25) is 0 Å². The third-order valence-corrected chi connectivity index (χ3v) is 3.48. The standard InChI is InChI=1S/C17H18FNOS/c1-11(2)13-5-3-12(4-6-13)10-20-14-7-8-15(17(19)21)16(18)9-14/h3-9,11H,10H2,1-2H3,(H2,19,21). The molecule has 0 atom stereocenters. The molecule has 0 aliphatic heterocycles. The first-order valence-electron chi connectivity index (χ1n) is 6.78. The van der Waals surface area contributed by atoms with E-state index in [-0.39, 0.29) is 10.6 Å². The maximum absolute atomic E-state index is 13.7. The highest BCUT2D eigenvalue weighted by Gasteiger charge is 2.07. The van der Waals surface area contributed by atoms with Crippen molar-refractivity contribution in [2.45, 2.75) is 26.4 Å². The van der Waals surface area contributed by atoms with E-state index in [1.54, 1.807) is 6.07 Å². The molecule has 0 saturated carbocycles. The van der Waals surface area contributed by atoms with Gasteiger partial charge in [-0.3, -0.25) is 0 Å². The summed E-state index contributed by atoms with van der Waals surface area (Å²) in [5, 5.41) is 0. The molecule has 0 spiro atoms. The van der Waals surface area contributed by atoms with Crippen LogP contribution in [0.2, 0.25) is 0 Å². The lowest BCUT2D eigenvalue weighted by Crippen LogP contribution is -2.11. The molecule has 2 aromatic carbocycles. The molecule has 0 saturated heterocycles. The summed E-state index contributed by atoms with van der Waals surface area (Å²) in [6, 6.07) is 12.7. The van der Waals surface area contributed by atoms with Crippen LogP contribution in [0.4, 0.5) is 4.39 Å². The minimum absolute atomic E-state index is 0.0447. The van der Waals surface area contributed by atoms with Crippen molar-refractivity contribution in [1.82, 2.24) is 0 Å². The average molecular weight is 303 g/mol. The number of hydrogen-bond acceptors (Lipinski definition) is 2. The fourth-order valence-electron chi connectivity index (χ4n) is 1.95. The van der Waals surface area contributed by atoms with Gasteiger partial charge in [0, 0.05) is 11.6 Å². The largest absolute Gasteiger partial charge is 0.489 e. The molecule has 0 heterocycles. The van der Waals surface area contributed by atoms with Crippen molar-refractivity contribution < 1.29 is 9.13 Å². The summed E-state index contributed by atoms with van der Waals surface area (Å²) in [5.41, 5.74) is 7.98. The van der Waals surface area contributed by atoms with E-state index in [0.29, 0.717) is 18.3 Å². The molecule has 110 valence electrons. The zero-order chi connectivity index (χ0) is 15.4. The number of nitrogens with two attached hydrogens (primary N) is 1. The van der Waals surface area contributed by atoms with E-state index in [0.717, 1.165) is 5.56 Å². The Bertz CT molecular complexity index is 638. The van der Waals surface area contributed by atoms with Crippen molar-refractivity contribution in [1.29, 1.82) is 0 Å². The molecule has 21 heavy (non-hydrogen) atoms. The Hall–Kier alpha value is -1.94. The predicted octanol–water partition coefficient (Wildman–Crippen LogP) is 4.16. The maximum Gasteiger partial charge on any atom is 0.137 e. The van der Waals surface area contributed by atoms with Gasteiger partial charge in [-0.05, 0) is 29.2 Å². The Balaban J connectivity index is 2.03. The highest BCUT2D eigenvalue weighted by atomic mass is 32.1. The molecule has 0 aliphatic carbocycles. The van der Waals surface area contributed by atoms with Crippen molar-refractivity contribution >= 4 is 17.2 Å². The molecule has 4 heteroatoms. The molecule has 0 unspecified atom stereocenters. The second-order valence-corrected chi connectivity index (χ2v) is 5.63. The maximum atomic E-state index is 13.7. The second kappa shape index (κ2) is 6.68. The highest BCUT2D eigenvalue weighted by Crippen LogP contribution is 2.19. The summed E-state index contributed by atoms with van der Waals surface area (Å²) in [6.07, 6.45) is 0. The van der Waals surface area contributed by atoms with E-state index in [1.165, 1.54) is 17.7 Å². The smallest absolute Gasteiger partial charge is 0.137 e. The summed E-state index contributed by atoms with van der Waals surface area (Å²) in [7, 11) is 0. The first-order chi connectivity index (χ1) is 9.97. The number of rotatable bonds is 5. The van der Waals surface area contributed by atoms with Crippen LogP contribution in [0.5, 0.6) is 5.75 Å². The fourth-order valence-corrected chi connectivity index (χ4v) is 2.12. The summed E-state index contributed by atoms with van der Waals surface area (Å²) in [6.45, 7) is 4.69. The SMILES string of the molecule is CC(C)c1ccc(COc2ccc(C(N)=S)c(F)c2)cc1. The van der Waals surface area contributed by atoms with E-state index in [9.17, 15) is 4.39 Å². The molecular weight excluding hydrogens is 285 g/mol. The van der Waals surface area contributed by atoms with Gasteiger partial charge in [0.25, 0.3) is 0 Å². The highest BCUT2D eigenvalue weighted by molar-refractivity contribution is 7.80. The zero-order valence-corrected chi connectivity index (χ0v) is 12.9. The number of hydrogen-bond donors (Lipinski definition) is 1. The van der Waals surface area contributed by atoms with Gasteiger partial charge in [-0.2, -0.15) is 0 Å². The van der Waals surface area contributed by atoms with E-state index >= 15 is 0 Å². The molecule has 0 aliphatic rings. The minimum atomic E-state index is -0.463. The Morgan fingerprint density at radius 1 is 1.19 bits per heavy atom. The summed E-state index contributed by atoms with van der Waals surface area (Å²) < 4.78 is 19.3. The lowest BCUT2D eigenvalue weighted by molar-refractivity contribution is 0.304. The van der Waals surface area contributed by atoms with Crippen LogP contribution in [-0.2, 0) is 6.61 Å². The number of halogens is 1. The molecule has 0 radical (unpaired) electrons. The van der Waals surface area contributed by atoms with Gasteiger partial charge < -0.3 is 10.5 Å². The van der Waals surface area contributed by atoms with Gasteiger partial charge in [-0.25, -0.2) is 4.39 Å². The summed E-state index contributed by atoms with van der Waals surface area (Å²) in [5.74, 6) is 0.498. The summed E-state index contributed by atoms with van der Waals surface area (Å²) >= 11 is 4.76.